The SMILES string of the molecule is Cc1cccnc1CNS(=O)(=O)c1cc(F)ccc1N. The molecule has 0 saturated carbocycles. The van der Waals surface area contributed by atoms with Gasteiger partial charge in [0.05, 0.1) is 17.9 Å². The highest BCUT2D eigenvalue weighted by Gasteiger charge is 2.18. The molecular weight excluding hydrogens is 281 g/mol. The van der Waals surface area contributed by atoms with Crippen molar-refractivity contribution in [1.29, 1.82) is 0 Å². The largest absolute Gasteiger partial charge is 0.398 e. The number of halogens is 1. The van der Waals surface area contributed by atoms with Gasteiger partial charge in [0.2, 0.25) is 10.0 Å². The summed E-state index contributed by atoms with van der Waals surface area (Å²) in [6.45, 7) is 1.85. The summed E-state index contributed by atoms with van der Waals surface area (Å²) in [7, 11) is -3.88. The second-order valence-corrected chi connectivity index (χ2v) is 6.01. The van der Waals surface area contributed by atoms with E-state index in [1.807, 2.05) is 13.0 Å². The van der Waals surface area contributed by atoms with Gasteiger partial charge in [-0.3, -0.25) is 4.98 Å². The number of hydrogen-bond acceptors (Lipinski definition) is 4. The van der Waals surface area contributed by atoms with E-state index in [9.17, 15) is 12.8 Å². The summed E-state index contributed by atoms with van der Waals surface area (Å²) in [4.78, 5) is 3.81. The highest BCUT2D eigenvalue weighted by atomic mass is 32.2. The van der Waals surface area contributed by atoms with Crippen LogP contribution < -0.4 is 10.5 Å². The average Bonchev–Trinajstić information content (AvgIpc) is 2.40. The minimum atomic E-state index is -3.88. The van der Waals surface area contributed by atoms with Crippen LogP contribution in [0.5, 0.6) is 0 Å². The van der Waals surface area contributed by atoms with Crippen molar-refractivity contribution in [3.63, 3.8) is 0 Å². The van der Waals surface area contributed by atoms with Gasteiger partial charge in [0.1, 0.15) is 10.7 Å². The predicted octanol–water partition coefficient (Wildman–Crippen LogP) is 1.59. The zero-order valence-corrected chi connectivity index (χ0v) is 11.6. The first-order valence-electron chi connectivity index (χ1n) is 5.85. The third-order valence-electron chi connectivity index (χ3n) is 2.81. The number of anilines is 1. The lowest BCUT2D eigenvalue weighted by atomic mass is 10.2. The molecule has 0 aliphatic carbocycles. The van der Waals surface area contributed by atoms with Crippen LogP contribution in [0, 0.1) is 12.7 Å². The molecule has 1 heterocycles. The second kappa shape index (κ2) is 5.56. The van der Waals surface area contributed by atoms with E-state index in [2.05, 4.69) is 9.71 Å². The van der Waals surface area contributed by atoms with Gasteiger partial charge in [0.15, 0.2) is 0 Å². The Kier molecular flexibility index (Phi) is 4.01. The van der Waals surface area contributed by atoms with E-state index in [0.29, 0.717) is 5.69 Å². The fourth-order valence-electron chi connectivity index (χ4n) is 1.69. The molecule has 1 aromatic carbocycles. The van der Waals surface area contributed by atoms with Crippen LogP contribution in [0.1, 0.15) is 11.3 Å². The highest BCUT2D eigenvalue weighted by Crippen LogP contribution is 2.19. The normalized spacial score (nSPS) is 11.5. The quantitative estimate of drug-likeness (QED) is 0.839. The van der Waals surface area contributed by atoms with Crippen LogP contribution in [0.15, 0.2) is 41.4 Å². The van der Waals surface area contributed by atoms with E-state index in [0.717, 1.165) is 17.7 Å². The molecule has 0 fully saturated rings. The summed E-state index contributed by atoms with van der Waals surface area (Å²) < 4.78 is 39.7. The minimum Gasteiger partial charge on any atom is -0.398 e. The molecule has 20 heavy (non-hydrogen) atoms. The van der Waals surface area contributed by atoms with Gasteiger partial charge in [-0.15, -0.1) is 0 Å². The number of benzene rings is 1. The number of sulfonamides is 1. The Labute approximate surface area is 116 Å². The van der Waals surface area contributed by atoms with Gasteiger partial charge < -0.3 is 5.73 Å². The van der Waals surface area contributed by atoms with Crippen LogP contribution in [-0.2, 0) is 16.6 Å². The first-order valence-corrected chi connectivity index (χ1v) is 7.33. The van der Waals surface area contributed by atoms with Crippen LogP contribution in [0.2, 0.25) is 0 Å². The number of hydrogen-bond donors (Lipinski definition) is 2. The summed E-state index contributed by atoms with van der Waals surface area (Å²) in [6.07, 6.45) is 1.58. The van der Waals surface area contributed by atoms with E-state index in [1.54, 1.807) is 12.3 Å². The first-order chi connectivity index (χ1) is 9.40. The van der Waals surface area contributed by atoms with Gasteiger partial charge in [-0.05, 0) is 36.8 Å². The maximum atomic E-state index is 13.1. The number of nitrogens with two attached hydrogens (primary N) is 1. The topological polar surface area (TPSA) is 85.1 Å². The van der Waals surface area contributed by atoms with E-state index in [1.165, 1.54) is 6.07 Å². The molecule has 0 aliphatic heterocycles. The molecule has 0 unspecified atom stereocenters. The predicted molar refractivity (Wildman–Crippen MR) is 73.8 cm³/mol. The van der Waals surface area contributed by atoms with Crippen molar-refractivity contribution in [2.45, 2.75) is 18.4 Å². The number of nitrogen functional groups attached to an aromatic ring is 1. The van der Waals surface area contributed by atoms with E-state index < -0.39 is 15.8 Å². The van der Waals surface area contributed by atoms with Crippen molar-refractivity contribution in [3.8, 4) is 0 Å². The fourth-order valence-corrected chi connectivity index (χ4v) is 2.81. The monoisotopic (exact) mass is 295 g/mol. The molecule has 2 rings (SSSR count). The van der Waals surface area contributed by atoms with Gasteiger partial charge in [-0.25, -0.2) is 17.5 Å². The Bertz CT molecular complexity index is 732. The maximum Gasteiger partial charge on any atom is 0.243 e. The fraction of sp³-hybridized carbons (Fsp3) is 0.154. The summed E-state index contributed by atoms with van der Waals surface area (Å²) in [6, 6.07) is 6.81. The molecule has 7 heteroatoms. The number of rotatable bonds is 4. The maximum absolute atomic E-state index is 13.1. The highest BCUT2D eigenvalue weighted by molar-refractivity contribution is 7.89. The van der Waals surface area contributed by atoms with Crippen LogP contribution in [0.25, 0.3) is 0 Å². The van der Waals surface area contributed by atoms with Crippen molar-refractivity contribution in [1.82, 2.24) is 9.71 Å². The number of nitrogens with one attached hydrogen (secondary N) is 1. The molecule has 0 bridgehead atoms. The molecule has 0 atom stereocenters. The standard InChI is InChI=1S/C13H14FN3O2S/c1-9-3-2-6-16-12(9)8-17-20(18,19)13-7-10(14)4-5-11(13)15/h2-7,17H,8,15H2,1H3. The molecule has 0 spiro atoms. The van der Waals surface area contributed by atoms with Crippen molar-refractivity contribution in [2.75, 3.05) is 5.73 Å². The van der Waals surface area contributed by atoms with E-state index in [-0.39, 0.29) is 17.1 Å². The molecule has 0 radical (unpaired) electrons. The summed E-state index contributed by atoms with van der Waals surface area (Å²) in [5.74, 6) is -0.659. The van der Waals surface area contributed by atoms with Crippen LogP contribution >= 0.6 is 0 Å². The van der Waals surface area contributed by atoms with Gasteiger partial charge in [0, 0.05) is 6.20 Å². The molecule has 0 amide bonds. The summed E-state index contributed by atoms with van der Waals surface area (Å²) >= 11 is 0. The van der Waals surface area contributed by atoms with Crippen molar-refractivity contribution in [3.05, 3.63) is 53.6 Å². The summed E-state index contributed by atoms with van der Waals surface area (Å²) in [5.41, 5.74) is 7.04. The van der Waals surface area contributed by atoms with E-state index in [4.69, 9.17) is 5.73 Å². The van der Waals surface area contributed by atoms with Crippen molar-refractivity contribution in [2.24, 2.45) is 0 Å². The Balaban J connectivity index is 2.24. The molecule has 0 aliphatic rings. The summed E-state index contributed by atoms with van der Waals surface area (Å²) in [5, 5.41) is 0. The third-order valence-corrected chi connectivity index (χ3v) is 4.27. The lowest BCUT2D eigenvalue weighted by Crippen LogP contribution is -2.25. The Hall–Kier alpha value is -1.99. The smallest absolute Gasteiger partial charge is 0.243 e. The first kappa shape index (κ1) is 14.4. The lowest BCUT2D eigenvalue weighted by molar-refractivity contribution is 0.577. The minimum absolute atomic E-state index is 0.00311. The van der Waals surface area contributed by atoms with Crippen molar-refractivity contribution < 1.29 is 12.8 Å². The number of nitrogens with zero attached hydrogens (tertiary/aromatic N) is 1. The molecular formula is C13H14FN3O2S. The van der Waals surface area contributed by atoms with Gasteiger partial charge in [-0.2, -0.15) is 0 Å². The van der Waals surface area contributed by atoms with Crippen molar-refractivity contribution >= 4 is 15.7 Å². The lowest BCUT2D eigenvalue weighted by Gasteiger charge is -2.10. The van der Waals surface area contributed by atoms with Gasteiger partial charge in [0.25, 0.3) is 0 Å². The number of aryl methyl sites for hydroxylation is 1. The van der Waals surface area contributed by atoms with Crippen LogP contribution in [0.4, 0.5) is 10.1 Å². The Morgan fingerprint density at radius 3 is 2.80 bits per heavy atom. The van der Waals surface area contributed by atoms with Gasteiger partial charge in [-0.1, -0.05) is 6.07 Å². The zero-order valence-electron chi connectivity index (χ0n) is 10.8. The molecule has 2 aromatic rings. The number of aromatic nitrogens is 1. The molecule has 1 aromatic heterocycles. The average molecular weight is 295 g/mol. The molecule has 0 saturated heterocycles. The number of pyridine rings is 1. The molecule has 5 nitrogen and oxygen atoms in total. The van der Waals surface area contributed by atoms with Crippen LogP contribution in [-0.4, -0.2) is 13.4 Å². The van der Waals surface area contributed by atoms with Crippen LogP contribution in [0.3, 0.4) is 0 Å². The zero-order chi connectivity index (χ0) is 14.8. The Morgan fingerprint density at radius 1 is 1.35 bits per heavy atom. The van der Waals surface area contributed by atoms with Gasteiger partial charge >= 0.3 is 0 Å². The van der Waals surface area contributed by atoms with E-state index >= 15 is 0 Å². The molecule has 106 valence electrons. The second-order valence-electron chi connectivity index (χ2n) is 4.27. The molecule has 3 N–H and O–H groups in total. The Morgan fingerprint density at radius 2 is 2.10 bits per heavy atom. The third kappa shape index (κ3) is 3.12.